The van der Waals surface area contributed by atoms with E-state index >= 15 is 0 Å². The number of hydrogen-bond acceptors (Lipinski definition) is 7. The lowest BCUT2D eigenvalue weighted by Gasteiger charge is -2.11. The Bertz CT molecular complexity index is 926. The van der Waals surface area contributed by atoms with Crippen LogP contribution in [-0.4, -0.2) is 34.4 Å². The zero-order valence-electron chi connectivity index (χ0n) is 13.9. The molecule has 3 aromatic rings. The Morgan fingerprint density at radius 3 is 2.58 bits per heavy atom. The molecule has 3 heterocycles. The molecule has 3 aromatic heterocycles. The minimum absolute atomic E-state index is 0.0563. The number of fused-ring (bicyclic) bond motifs is 1. The molecule has 0 atom stereocenters. The fourth-order valence-corrected chi connectivity index (χ4v) is 4.59. The van der Waals surface area contributed by atoms with Crippen LogP contribution in [0.25, 0.3) is 21.5 Å². The molecule has 0 aliphatic rings. The third-order valence-corrected chi connectivity index (χ3v) is 5.92. The number of aryl methyl sites for hydroxylation is 1. The van der Waals surface area contributed by atoms with Crippen LogP contribution < -0.4 is 5.73 Å². The molecule has 0 aliphatic heterocycles. The van der Waals surface area contributed by atoms with Crippen LogP contribution in [0.3, 0.4) is 0 Å². The molecule has 138 valence electrons. The Morgan fingerprint density at radius 2 is 1.96 bits per heavy atom. The van der Waals surface area contributed by atoms with Gasteiger partial charge in [-0.15, -0.1) is 23.1 Å². The normalized spacial score (nSPS) is 12.0. The predicted molar refractivity (Wildman–Crippen MR) is 97.4 cm³/mol. The molecule has 0 spiro atoms. The molecule has 0 unspecified atom stereocenters. The Balaban J connectivity index is 2.16. The van der Waals surface area contributed by atoms with Crippen molar-refractivity contribution < 1.29 is 17.9 Å². The van der Waals surface area contributed by atoms with Crippen LogP contribution >= 0.6 is 23.1 Å². The fourth-order valence-electron chi connectivity index (χ4n) is 2.32. The summed E-state index contributed by atoms with van der Waals surface area (Å²) in [7, 11) is 1.56. The lowest BCUT2D eigenvalue weighted by Crippen LogP contribution is -2.07. The summed E-state index contributed by atoms with van der Waals surface area (Å²) in [6.07, 6.45) is -1.63. The summed E-state index contributed by atoms with van der Waals surface area (Å²) >= 11 is 2.50. The summed E-state index contributed by atoms with van der Waals surface area (Å²) < 4.78 is 46.5. The van der Waals surface area contributed by atoms with E-state index in [1.54, 1.807) is 14.0 Å². The standard InChI is InChI=1S/C16H15F3N4OS2/c1-8-21-6-9(7-22-8)11-5-10(16(17,18)19)12-13(20)15(25-4-3-24-2)26-14(12)23-11/h5-7H,3-4,20H2,1-2H3. The molecular formula is C16H15F3N4OS2. The van der Waals surface area contributed by atoms with Crippen LogP contribution in [-0.2, 0) is 10.9 Å². The van der Waals surface area contributed by atoms with Crippen LogP contribution in [0.15, 0.2) is 22.7 Å². The van der Waals surface area contributed by atoms with E-state index in [0.29, 0.717) is 28.0 Å². The van der Waals surface area contributed by atoms with Gasteiger partial charge >= 0.3 is 6.18 Å². The average Bonchev–Trinajstić information content (AvgIpc) is 2.90. The van der Waals surface area contributed by atoms with E-state index in [-0.39, 0.29) is 21.6 Å². The summed E-state index contributed by atoms with van der Waals surface area (Å²) in [6, 6.07) is 1.00. The summed E-state index contributed by atoms with van der Waals surface area (Å²) in [5.74, 6) is 1.12. The second-order valence-corrected chi connectivity index (χ2v) is 7.76. The van der Waals surface area contributed by atoms with E-state index in [1.165, 1.54) is 24.2 Å². The Kier molecular flexibility index (Phi) is 5.35. The number of nitrogens with two attached hydrogens (primary N) is 1. The first-order valence-electron chi connectivity index (χ1n) is 7.52. The highest BCUT2D eigenvalue weighted by molar-refractivity contribution is 8.01. The highest BCUT2D eigenvalue weighted by Gasteiger charge is 2.35. The second-order valence-electron chi connectivity index (χ2n) is 5.40. The molecule has 2 N–H and O–H groups in total. The number of ether oxygens (including phenoxy) is 1. The van der Waals surface area contributed by atoms with Crippen molar-refractivity contribution in [3.05, 3.63) is 29.8 Å². The number of nitrogen functional groups attached to an aromatic ring is 1. The van der Waals surface area contributed by atoms with Crippen LogP contribution in [0.4, 0.5) is 18.9 Å². The van der Waals surface area contributed by atoms with E-state index in [9.17, 15) is 13.2 Å². The van der Waals surface area contributed by atoms with Crippen molar-refractivity contribution in [2.24, 2.45) is 0 Å². The van der Waals surface area contributed by atoms with E-state index in [2.05, 4.69) is 15.0 Å². The van der Waals surface area contributed by atoms with Crippen LogP contribution in [0.5, 0.6) is 0 Å². The Hall–Kier alpha value is -1.91. The van der Waals surface area contributed by atoms with Crippen molar-refractivity contribution in [3.63, 3.8) is 0 Å². The third kappa shape index (κ3) is 3.76. The molecule has 0 bridgehead atoms. The van der Waals surface area contributed by atoms with Crippen molar-refractivity contribution in [2.45, 2.75) is 17.3 Å². The van der Waals surface area contributed by atoms with Gasteiger partial charge in [0.05, 0.1) is 27.8 Å². The molecule has 0 fully saturated rings. The number of thioether (sulfide) groups is 1. The summed E-state index contributed by atoms with van der Waals surface area (Å²) in [5, 5.41) is -0.0563. The summed E-state index contributed by atoms with van der Waals surface area (Å²) in [4.78, 5) is 12.7. The van der Waals surface area contributed by atoms with Gasteiger partial charge in [-0.05, 0) is 13.0 Å². The smallest absolute Gasteiger partial charge is 0.397 e. The number of anilines is 1. The molecule has 10 heteroatoms. The number of aromatic nitrogens is 3. The summed E-state index contributed by atoms with van der Waals surface area (Å²) in [6.45, 7) is 2.18. The fraction of sp³-hybridized carbons (Fsp3) is 0.312. The molecule has 3 rings (SSSR count). The van der Waals surface area contributed by atoms with Crippen LogP contribution in [0.1, 0.15) is 11.4 Å². The highest BCUT2D eigenvalue weighted by atomic mass is 32.2. The number of hydrogen-bond donors (Lipinski definition) is 1. The molecule has 5 nitrogen and oxygen atoms in total. The molecule has 0 aliphatic carbocycles. The number of thiophene rings is 1. The lowest BCUT2D eigenvalue weighted by molar-refractivity contribution is -0.136. The maximum Gasteiger partial charge on any atom is 0.417 e. The number of rotatable bonds is 5. The number of methoxy groups -OCH3 is 1. The average molecular weight is 400 g/mol. The van der Waals surface area contributed by atoms with E-state index in [4.69, 9.17) is 10.5 Å². The maximum absolute atomic E-state index is 13.6. The number of pyridine rings is 1. The van der Waals surface area contributed by atoms with Gasteiger partial charge in [0.15, 0.2) is 0 Å². The molecular weight excluding hydrogens is 385 g/mol. The van der Waals surface area contributed by atoms with Gasteiger partial charge in [-0.3, -0.25) is 0 Å². The van der Waals surface area contributed by atoms with E-state index in [1.807, 2.05) is 0 Å². The molecule has 0 saturated carbocycles. The van der Waals surface area contributed by atoms with E-state index < -0.39 is 11.7 Å². The molecule has 0 amide bonds. The van der Waals surface area contributed by atoms with Gasteiger partial charge in [0.2, 0.25) is 0 Å². The maximum atomic E-state index is 13.6. The topological polar surface area (TPSA) is 73.9 Å². The molecule has 0 saturated heterocycles. The summed E-state index contributed by atoms with van der Waals surface area (Å²) in [5.41, 5.74) is 5.91. The van der Waals surface area contributed by atoms with Gasteiger partial charge in [-0.2, -0.15) is 13.2 Å². The van der Waals surface area contributed by atoms with Gasteiger partial charge < -0.3 is 10.5 Å². The number of nitrogens with zero attached hydrogens (tertiary/aromatic N) is 3. The Labute approximate surface area is 155 Å². The van der Waals surface area contributed by atoms with Crippen molar-refractivity contribution >= 4 is 39.0 Å². The number of halogens is 3. The largest absolute Gasteiger partial charge is 0.417 e. The van der Waals surface area contributed by atoms with Gasteiger partial charge in [-0.25, -0.2) is 15.0 Å². The first-order valence-corrected chi connectivity index (χ1v) is 9.32. The van der Waals surface area contributed by atoms with Crippen molar-refractivity contribution in [3.8, 4) is 11.3 Å². The highest BCUT2D eigenvalue weighted by Crippen LogP contribution is 2.46. The minimum atomic E-state index is -4.55. The molecule has 0 radical (unpaired) electrons. The van der Waals surface area contributed by atoms with Crippen molar-refractivity contribution in [1.29, 1.82) is 0 Å². The number of alkyl halides is 3. The first-order chi connectivity index (χ1) is 12.3. The lowest BCUT2D eigenvalue weighted by atomic mass is 10.1. The quantitative estimate of drug-likeness (QED) is 0.505. The zero-order chi connectivity index (χ0) is 18.9. The van der Waals surface area contributed by atoms with Gasteiger partial charge in [0.25, 0.3) is 0 Å². The SMILES string of the molecule is COCCSc1sc2nc(-c3cnc(C)nc3)cc(C(F)(F)F)c2c1N. The van der Waals surface area contributed by atoms with Crippen LogP contribution in [0.2, 0.25) is 0 Å². The van der Waals surface area contributed by atoms with Crippen molar-refractivity contribution in [2.75, 3.05) is 25.2 Å². The zero-order valence-corrected chi connectivity index (χ0v) is 15.6. The van der Waals surface area contributed by atoms with Gasteiger partial charge in [0, 0.05) is 36.2 Å². The monoisotopic (exact) mass is 400 g/mol. The Morgan fingerprint density at radius 1 is 1.27 bits per heavy atom. The molecule has 0 aromatic carbocycles. The van der Waals surface area contributed by atoms with Crippen LogP contribution in [0, 0.1) is 6.92 Å². The van der Waals surface area contributed by atoms with E-state index in [0.717, 1.165) is 17.4 Å². The van der Waals surface area contributed by atoms with Gasteiger partial charge in [-0.1, -0.05) is 0 Å². The first kappa shape index (κ1) is 18.9. The van der Waals surface area contributed by atoms with Gasteiger partial charge in [0.1, 0.15) is 10.7 Å². The second kappa shape index (κ2) is 7.37. The van der Waals surface area contributed by atoms with Crippen molar-refractivity contribution in [1.82, 2.24) is 15.0 Å². The minimum Gasteiger partial charge on any atom is -0.397 e. The predicted octanol–water partition coefficient (Wildman–Crippen LogP) is 4.40. The molecule has 26 heavy (non-hydrogen) atoms. The third-order valence-electron chi connectivity index (χ3n) is 3.57.